The first-order valence-electron chi connectivity index (χ1n) is 13.1. The summed E-state index contributed by atoms with van der Waals surface area (Å²) in [7, 11) is 0. The number of pyridine rings is 2. The topological polar surface area (TPSA) is 30.2 Å². The van der Waals surface area contributed by atoms with E-state index in [-0.39, 0.29) is 0 Å². The van der Waals surface area contributed by atoms with Crippen LogP contribution >= 0.6 is 0 Å². The molecule has 0 radical (unpaired) electrons. The predicted octanol–water partition coefficient (Wildman–Crippen LogP) is 9.45. The molecule has 8 aromatic rings. The normalized spacial score (nSPS) is 11.8. The Labute approximate surface area is 225 Å². The van der Waals surface area contributed by atoms with E-state index in [9.17, 15) is 0 Å². The third kappa shape index (κ3) is 2.98. The molecule has 0 bridgehead atoms. The average molecular weight is 498 g/mol. The van der Waals surface area contributed by atoms with E-state index in [1.165, 1.54) is 16.3 Å². The molecule has 0 spiro atoms. The molecule has 0 amide bonds. The van der Waals surface area contributed by atoms with E-state index < -0.39 is 0 Å². The van der Waals surface area contributed by atoms with E-state index in [0.29, 0.717) is 0 Å². The van der Waals surface area contributed by atoms with Crippen molar-refractivity contribution in [2.75, 3.05) is 0 Å². The van der Waals surface area contributed by atoms with Crippen molar-refractivity contribution in [1.82, 2.24) is 14.4 Å². The molecule has 0 aliphatic carbocycles. The highest BCUT2D eigenvalue weighted by atomic mass is 15.0. The zero-order valence-corrected chi connectivity index (χ0v) is 21.2. The van der Waals surface area contributed by atoms with E-state index >= 15 is 0 Å². The predicted molar refractivity (Wildman–Crippen MR) is 166 cm³/mol. The Kier molecular flexibility index (Phi) is 4.53. The van der Waals surface area contributed by atoms with Crippen LogP contribution < -0.4 is 0 Å². The van der Waals surface area contributed by atoms with Gasteiger partial charge in [0.2, 0.25) is 0 Å². The van der Waals surface area contributed by atoms with E-state index in [1.807, 2.05) is 30.5 Å². The lowest BCUT2D eigenvalue weighted by Crippen LogP contribution is -1.95. The van der Waals surface area contributed by atoms with Crippen molar-refractivity contribution < 1.29 is 0 Å². The van der Waals surface area contributed by atoms with Crippen molar-refractivity contribution in [2.24, 2.45) is 0 Å². The molecule has 182 valence electrons. The summed E-state index contributed by atoms with van der Waals surface area (Å²) >= 11 is 0. The van der Waals surface area contributed by atoms with Gasteiger partial charge >= 0.3 is 0 Å². The van der Waals surface area contributed by atoms with Gasteiger partial charge in [-0.25, -0.2) is 4.98 Å². The fourth-order valence-electron chi connectivity index (χ4n) is 6.21. The summed E-state index contributed by atoms with van der Waals surface area (Å²) in [6, 6.07) is 34.4. The van der Waals surface area contributed by atoms with Crippen molar-refractivity contribution in [3.05, 3.63) is 128 Å². The molecule has 3 heterocycles. The van der Waals surface area contributed by atoms with Gasteiger partial charge in [-0.3, -0.25) is 9.38 Å². The number of rotatable bonds is 3. The number of aromatic nitrogens is 3. The van der Waals surface area contributed by atoms with Crippen molar-refractivity contribution in [3.8, 4) is 11.1 Å². The average Bonchev–Trinajstić information content (AvgIpc) is 3.40. The van der Waals surface area contributed by atoms with Crippen LogP contribution in [0.4, 0.5) is 0 Å². The minimum absolute atomic E-state index is 0.946. The van der Waals surface area contributed by atoms with Gasteiger partial charge in [0, 0.05) is 27.7 Å². The smallest absolute Gasteiger partial charge is 0.146 e. The van der Waals surface area contributed by atoms with Gasteiger partial charge in [0.1, 0.15) is 5.65 Å². The van der Waals surface area contributed by atoms with Crippen LogP contribution in [-0.4, -0.2) is 14.4 Å². The summed E-state index contributed by atoms with van der Waals surface area (Å²) in [4.78, 5) is 9.94. The maximum absolute atomic E-state index is 5.11. The molecule has 3 aromatic heterocycles. The molecule has 0 aliphatic heterocycles. The van der Waals surface area contributed by atoms with Gasteiger partial charge in [0.25, 0.3) is 0 Å². The second-order valence-electron chi connectivity index (χ2n) is 9.94. The van der Waals surface area contributed by atoms with Gasteiger partial charge in [0.05, 0.1) is 22.1 Å². The third-order valence-corrected chi connectivity index (χ3v) is 7.94. The van der Waals surface area contributed by atoms with Crippen LogP contribution in [0.1, 0.15) is 11.1 Å². The van der Waals surface area contributed by atoms with E-state index in [4.69, 9.17) is 9.97 Å². The standard InChI is InChI=1S/C36H23N3/c1-3-22-20-30(27-12-6-5-11-26(27)25(22)4-2)24-16-17-28-33(21-24)39-32-14-8-7-13-31(32)38-36(39)29-18-15-23-10-9-19-37-35(23)34(28)29/h3-21H,1-2H2. The lowest BCUT2D eigenvalue weighted by molar-refractivity contribution is 1.31. The number of nitrogens with zero attached hydrogens (tertiary/aromatic N) is 3. The van der Waals surface area contributed by atoms with Crippen LogP contribution in [0, 0.1) is 0 Å². The molecule has 5 aromatic carbocycles. The minimum atomic E-state index is 0.946. The van der Waals surface area contributed by atoms with Crippen LogP contribution in [-0.2, 0) is 0 Å². The summed E-state index contributed by atoms with van der Waals surface area (Å²) in [6.45, 7) is 8.18. The SMILES string of the molecule is C=Cc1cc(-c2ccc3c4c(ccc5cccnc54)c4nc5ccccc5n4c3c2)c2ccccc2c1C=C. The highest BCUT2D eigenvalue weighted by Gasteiger charge is 2.18. The quantitative estimate of drug-likeness (QED) is 0.228. The van der Waals surface area contributed by atoms with Gasteiger partial charge in [-0.1, -0.05) is 86.0 Å². The molecule has 0 aliphatic rings. The lowest BCUT2D eigenvalue weighted by atomic mass is 9.90. The van der Waals surface area contributed by atoms with Crippen molar-refractivity contribution in [2.45, 2.75) is 0 Å². The van der Waals surface area contributed by atoms with Gasteiger partial charge in [0.15, 0.2) is 0 Å². The molecule has 3 nitrogen and oxygen atoms in total. The zero-order chi connectivity index (χ0) is 26.1. The van der Waals surface area contributed by atoms with E-state index in [1.54, 1.807) is 0 Å². The first kappa shape index (κ1) is 21.8. The van der Waals surface area contributed by atoms with Crippen LogP contribution in [0.3, 0.4) is 0 Å². The Morgan fingerprint density at radius 1 is 0.667 bits per heavy atom. The van der Waals surface area contributed by atoms with Crippen LogP contribution in [0.15, 0.2) is 116 Å². The van der Waals surface area contributed by atoms with Crippen molar-refractivity contribution in [1.29, 1.82) is 0 Å². The zero-order valence-electron chi connectivity index (χ0n) is 21.2. The van der Waals surface area contributed by atoms with E-state index in [0.717, 1.165) is 65.9 Å². The molecule has 0 saturated carbocycles. The molecule has 0 saturated heterocycles. The summed E-state index contributed by atoms with van der Waals surface area (Å²) in [5, 5.41) is 6.88. The van der Waals surface area contributed by atoms with Crippen LogP contribution in [0.5, 0.6) is 0 Å². The number of hydrogen-bond donors (Lipinski definition) is 0. The number of fused-ring (bicyclic) bond motifs is 11. The molecule has 0 N–H and O–H groups in total. The molecule has 39 heavy (non-hydrogen) atoms. The Balaban J connectivity index is 1.58. The molecular formula is C36H23N3. The fraction of sp³-hybridized carbons (Fsp3) is 0. The molecule has 0 unspecified atom stereocenters. The number of benzene rings is 5. The molecular weight excluding hydrogens is 474 g/mol. The van der Waals surface area contributed by atoms with Gasteiger partial charge in [-0.15, -0.1) is 0 Å². The fourth-order valence-corrected chi connectivity index (χ4v) is 6.21. The highest BCUT2D eigenvalue weighted by molar-refractivity contribution is 6.23. The number of hydrogen-bond acceptors (Lipinski definition) is 2. The van der Waals surface area contributed by atoms with Crippen LogP contribution in [0.25, 0.3) is 83.3 Å². The van der Waals surface area contributed by atoms with Gasteiger partial charge in [-0.2, -0.15) is 0 Å². The third-order valence-electron chi connectivity index (χ3n) is 7.94. The number of para-hydroxylation sites is 2. The first-order chi connectivity index (χ1) is 19.3. The summed E-state index contributed by atoms with van der Waals surface area (Å²) in [5.74, 6) is 0. The maximum atomic E-state index is 5.11. The lowest BCUT2D eigenvalue weighted by Gasteiger charge is -2.15. The highest BCUT2D eigenvalue weighted by Crippen LogP contribution is 2.40. The largest absolute Gasteiger partial charge is 0.292 e. The molecule has 0 atom stereocenters. The van der Waals surface area contributed by atoms with E-state index in [2.05, 4.69) is 102 Å². The van der Waals surface area contributed by atoms with Gasteiger partial charge in [-0.05, 0) is 69.4 Å². The van der Waals surface area contributed by atoms with Crippen molar-refractivity contribution >= 4 is 72.2 Å². The van der Waals surface area contributed by atoms with Gasteiger partial charge < -0.3 is 0 Å². The minimum Gasteiger partial charge on any atom is -0.292 e. The Hall–Kier alpha value is -5.28. The molecule has 8 rings (SSSR count). The maximum Gasteiger partial charge on any atom is 0.146 e. The second-order valence-corrected chi connectivity index (χ2v) is 9.94. The Bertz CT molecular complexity index is 2320. The summed E-state index contributed by atoms with van der Waals surface area (Å²) in [6.07, 6.45) is 5.72. The molecule has 3 heteroatoms. The molecule has 0 fully saturated rings. The van der Waals surface area contributed by atoms with Crippen molar-refractivity contribution in [3.63, 3.8) is 0 Å². The second kappa shape index (κ2) is 8.11. The van der Waals surface area contributed by atoms with Crippen LogP contribution in [0.2, 0.25) is 0 Å². The number of imidazole rings is 1. The summed E-state index contributed by atoms with van der Waals surface area (Å²) in [5.41, 5.74) is 9.62. The Morgan fingerprint density at radius 2 is 1.49 bits per heavy atom. The Morgan fingerprint density at radius 3 is 2.36 bits per heavy atom. The summed E-state index contributed by atoms with van der Waals surface area (Å²) < 4.78 is 2.31. The monoisotopic (exact) mass is 497 g/mol. The first-order valence-corrected chi connectivity index (χ1v) is 13.1.